The summed E-state index contributed by atoms with van der Waals surface area (Å²) in [6.45, 7) is 0. The summed E-state index contributed by atoms with van der Waals surface area (Å²) in [5, 5.41) is 17.0. The Bertz CT molecular complexity index is 633. The van der Waals surface area contributed by atoms with Crippen molar-refractivity contribution in [2.45, 2.75) is 48.9 Å². The number of carboxylic acid groups (broad SMARTS) is 1. The number of aromatic amines is 1. The maximum atomic E-state index is 10.8. The Hall–Kier alpha value is -1.82. The van der Waals surface area contributed by atoms with Gasteiger partial charge in [0.15, 0.2) is 0 Å². The van der Waals surface area contributed by atoms with Crippen LogP contribution in [0.4, 0.5) is 0 Å². The number of hydrogen-bond acceptors (Lipinski definition) is 4. The lowest BCUT2D eigenvalue weighted by atomic mass is 9.89. The van der Waals surface area contributed by atoms with Crippen molar-refractivity contribution in [3.05, 3.63) is 41.2 Å². The Morgan fingerprint density at radius 2 is 1.95 bits per heavy atom. The van der Waals surface area contributed by atoms with Crippen molar-refractivity contribution in [1.29, 1.82) is 0 Å². The Morgan fingerprint density at radius 1 is 1.23 bits per heavy atom. The molecule has 0 aliphatic heterocycles. The van der Waals surface area contributed by atoms with Crippen molar-refractivity contribution in [2.75, 3.05) is 0 Å². The van der Waals surface area contributed by atoms with Gasteiger partial charge in [0.1, 0.15) is 5.82 Å². The second-order valence-electron chi connectivity index (χ2n) is 5.63. The van der Waals surface area contributed by atoms with Crippen molar-refractivity contribution in [3.8, 4) is 0 Å². The molecular formula is C16H19N3O2S. The van der Waals surface area contributed by atoms with Crippen molar-refractivity contribution in [1.82, 2.24) is 15.2 Å². The molecule has 22 heavy (non-hydrogen) atoms. The van der Waals surface area contributed by atoms with Gasteiger partial charge in [-0.15, -0.1) is 5.10 Å². The molecule has 1 heterocycles. The van der Waals surface area contributed by atoms with E-state index in [9.17, 15) is 4.79 Å². The number of benzene rings is 1. The molecule has 2 aromatic rings. The van der Waals surface area contributed by atoms with E-state index in [0.717, 1.165) is 22.3 Å². The lowest BCUT2D eigenvalue weighted by Crippen LogP contribution is -2.06. The fraction of sp³-hybridized carbons (Fsp3) is 0.438. The minimum Gasteiger partial charge on any atom is -0.478 e. The van der Waals surface area contributed by atoms with Crippen LogP contribution in [-0.4, -0.2) is 26.3 Å². The third-order valence-corrected chi connectivity index (χ3v) is 4.96. The SMILES string of the molecule is O=C(O)c1ccc(CSc2n[nH]c(C3CCCCC3)n2)cc1. The van der Waals surface area contributed by atoms with Crippen LogP contribution in [0.3, 0.4) is 0 Å². The molecule has 0 spiro atoms. The van der Waals surface area contributed by atoms with Gasteiger partial charge in [0.05, 0.1) is 5.56 Å². The highest BCUT2D eigenvalue weighted by molar-refractivity contribution is 7.98. The molecule has 2 N–H and O–H groups in total. The third-order valence-electron chi connectivity index (χ3n) is 4.04. The molecule has 0 amide bonds. The third kappa shape index (κ3) is 3.68. The fourth-order valence-corrected chi connectivity index (χ4v) is 3.53. The topological polar surface area (TPSA) is 78.9 Å². The van der Waals surface area contributed by atoms with Crippen LogP contribution < -0.4 is 0 Å². The first kappa shape index (κ1) is 15.1. The first-order chi connectivity index (χ1) is 10.7. The molecule has 1 aromatic carbocycles. The first-order valence-corrected chi connectivity index (χ1v) is 8.58. The van der Waals surface area contributed by atoms with Gasteiger partial charge in [-0.05, 0) is 30.5 Å². The van der Waals surface area contributed by atoms with E-state index in [2.05, 4.69) is 15.2 Å². The monoisotopic (exact) mass is 317 g/mol. The normalized spacial score (nSPS) is 15.8. The number of carbonyl (C=O) groups is 1. The minimum absolute atomic E-state index is 0.311. The highest BCUT2D eigenvalue weighted by Crippen LogP contribution is 2.31. The van der Waals surface area contributed by atoms with Gasteiger partial charge in [0, 0.05) is 11.7 Å². The zero-order valence-electron chi connectivity index (χ0n) is 12.3. The lowest BCUT2D eigenvalue weighted by Gasteiger charge is -2.18. The van der Waals surface area contributed by atoms with Crippen LogP contribution in [0.5, 0.6) is 0 Å². The summed E-state index contributed by atoms with van der Waals surface area (Å²) >= 11 is 1.57. The molecule has 1 aliphatic carbocycles. The van der Waals surface area contributed by atoms with E-state index in [1.54, 1.807) is 23.9 Å². The number of thioether (sulfide) groups is 1. The maximum absolute atomic E-state index is 10.8. The molecule has 1 aromatic heterocycles. The van der Waals surface area contributed by atoms with Crippen molar-refractivity contribution in [2.24, 2.45) is 0 Å². The standard InChI is InChI=1S/C16H19N3O2S/c20-15(21)13-8-6-11(7-9-13)10-22-16-17-14(18-19-16)12-4-2-1-3-5-12/h6-9,12H,1-5,10H2,(H,20,21)(H,17,18,19). The van der Waals surface area contributed by atoms with E-state index in [4.69, 9.17) is 5.11 Å². The predicted octanol–water partition coefficient (Wildman–Crippen LogP) is 3.84. The molecule has 1 fully saturated rings. The molecule has 1 aliphatic rings. The average molecular weight is 317 g/mol. The largest absolute Gasteiger partial charge is 0.478 e. The number of aromatic carboxylic acids is 1. The number of hydrogen-bond donors (Lipinski definition) is 2. The smallest absolute Gasteiger partial charge is 0.335 e. The molecule has 116 valence electrons. The highest BCUT2D eigenvalue weighted by atomic mass is 32.2. The second-order valence-corrected chi connectivity index (χ2v) is 6.57. The molecule has 0 radical (unpaired) electrons. The first-order valence-electron chi connectivity index (χ1n) is 7.60. The fourth-order valence-electron chi connectivity index (χ4n) is 2.77. The van der Waals surface area contributed by atoms with E-state index in [1.165, 1.54) is 32.1 Å². The van der Waals surface area contributed by atoms with Crippen LogP contribution in [-0.2, 0) is 5.75 Å². The number of carboxylic acids is 1. The van der Waals surface area contributed by atoms with Crippen LogP contribution in [0.1, 0.15) is 59.8 Å². The van der Waals surface area contributed by atoms with E-state index in [0.29, 0.717) is 11.5 Å². The molecular weight excluding hydrogens is 298 g/mol. The Labute approximate surface area is 133 Å². The molecule has 0 bridgehead atoms. The minimum atomic E-state index is -0.898. The number of nitrogens with one attached hydrogen (secondary N) is 1. The van der Waals surface area contributed by atoms with Gasteiger partial charge in [0.25, 0.3) is 0 Å². The van der Waals surface area contributed by atoms with Crippen LogP contribution in [0.2, 0.25) is 0 Å². The van der Waals surface area contributed by atoms with Gasteiger partial charge in [-0.1, -0.05) is 43.2 Å². The molecule has 1 saturated carbocycles. The summed E-state index contributed by atoms with van der Waals surface area (Å²) in [7, 11) is 0. The highest BCUT2D eigenvalue weighted by Gasteiger charge is 2.19. The summed E-state index contributed by atoms with van der Waals surface area (Å²) in [5.74, 6) is 1.39. The van der Waals surface area contributed by atoms with Gasteiger partial charge < -0.3 is 5.11 Å². The molecule has 6 heteroatoms. The summed E-state index contributed by atoms with van der Waals surface area (Å²) in [5.41, 5.74) is 1.38. The summed E-state index contributed by atoms with van der Waals surface area (Å²) in [4.78, 5) is 15.4. The second kappa shape index (κ2) is 6.96. The van der Waals surface area contributed by atoms with Crippen molar-refractivity contribution in [3.63, 3.8) is 0 Å². The quantitative estimate of drug-likeness (QED) is 0.819. The zero-order chi connectivity index (χ0) is 15.4. The Balaban J connectivity index is 1.57. The zero-order valence-corrected chi connectivity index (χ0v) is 13.1. The Kier molecular flexibility index (Phi) is 4.77. The van der Waals surface area contributed by atoms with Crippen molar-refractivity contribution >= 4 is 17.7 Å². The van der Waals surface area contributed by atoms with Crippen molar-refractivity contribution < 1.29 is 9.90 Å². The van der Waals surface area contributed by atoms with Crippen LogP contribution in [0, 0.1) is 0 Å². The summed E-state index contributed by atoms with van der Waals surface area (Å²) in [6, 6.07) is 6.93. The number of nitrogens with zero attached hydrogens (tertiary/aromatic N) is 2. The molecule has 0 atom stereocenters. The van der Waals surface area contributed by atoms with Gasteiger partial charge >= 0.3 is 5.97 Å². The van der Waals surface area contributed by atoms with E-state index < -0.39 is 5.97 Å². The van der Waals surface area contributed by atoms with Crippen LogP contribution >= 0.6 is 11.8 Å². The predicted molar refractivity (Wildman–Crippen MR) is 85.2 cm³/mol. The molecule has 5 nitrogen and oxygen atoms in total. The maximum Gasteiger partial charge on any atom is 0.335 e. The number of aromatic nitrogens is 3. The van der Waals surface area contributed by atoms with Gasteiger partial charge in [-0.2, -0.15) is 0 Å². The van der Waals surface area contributed by atoms with Crippen LogP contribution in [0.25, 0.3) is 0 Å². The van der Waals surface area contributed by atoms with Gasteiger partial charge in [0.2, 0.25) is 5.16 Å². The molecule has 0 unspecified atom stereocenters. The Morgan fingerprint density at radius 3 is 2.64 bits per heavy atom. The van der Waals surface area contributed by atoms with Crippen LogP contribution in [0.15, 0.2) is 29.4 Å². The number of H-pyrrole nitrogens is 1. The van der Waals surface area contributed by atoms with Gasteiger partial charge in [-0.3, -0.25) is 5.10 Å². The number of rotatable bonds is 5. The van der Waals surface area contributed by atoms with E-state index in [1.807, 2.05) is 12.1 Å². The lowest BCUT2D eigenvalue weighted by molar-refractivity contribution is 0.0697. The summed E-state index contributed by atoms with van der Waals surface area (Å²) in [6.07, 6.45) is 6.30. The van der Waals surface area contributed by atoms with E-state index in [-0.39, 0.29) is 0 Å². The molecule has 0 saturated heterocycles. The van der Waals surface area contributed by atoms with E-state index >= 15 is 0 Å². The molecule has 3 rings (SSSR count). The van der Waals surface area contributed by atoms with Gasteiger partial charge in [-0.25, -0.2) is 9.78 Å². The summed E-state index contributed by atoms with van der Waals surface area (Å²) < 4.78 is 0. The average Bonchev–Trinajstić information content (AvgIpc) is 3.03.